The summed E-state index contributed by atoms with van der Waals surface area (Å²) >= 11 is 0. The van der Waals surface area contributed by atoms with E-state index in [1.165, 1.54) is 38.2 Å². The van der Waals surface area contributed by atoms with E-state index in [1.807, 2.05) is 48.5 Å². The number of nitrogens with zero attached hydrogens (tertiary/aromatic N) is 5. The predicted octanol–water partition coefficient (Wildman–Crippen LogP) is 11.4. The van der Waals surface area contributed by atoms with Crippen LogP contribution in [0.5, 0.6) is 0 Å². The van der Waals surface area contributed by atoms with Gasteiger partial charge in [0.05, 0.1) is 11.0 Å². The summed E-state index contributed by atoms with van der Waals surface area (Å²) in [6, 6.07) is 61.1. The molecule has 0 aliphatic rings. The van der Waals surface area contributed by atoms with Crippen molar-refractivity contribution in [2.24, 2.45) is 14.1 Å². The molecule has 0 N–H and O–H groups in total. The Morgan fingerprint density at radius 1 is 0.339 bits per heavy atom. The van der Waals surface area contributed by atoms with Crippen LogP contribution in [0.4, 0.5) is 0 Å². The molecule has 8 aromatic carbocycles. The molecule has 0 spiro atoms. The molecule has 0 saturated heterocycles. The molecule has 0 fully saturated rings. The Bertz CT molecular complexity index is 3110. The SMILES string of the molecule is Cn1c(=O)n(C)c2cc(-c3cccc(-c4nc(-c5ccccc5)nc(-c5ccc(-c6c7ccccc7c(-c7ccccc7)c7ccccc67)cc5)n4)c3)ccc21. The fraction of sp³-hybridized carbons (Fsp3) is 0.0400. The van der Waals surface area contributed by atoms with Gasteiger partial charge in [-0.2, -0.15) is 0 Å². The monoisotopic (exact) mass is 721 g/mol. The third-order valence-corrected chi connectivity index (χ3v) is 10.8. The predicted molar refractivity (Wildman–Crippen MR) is 229 cm³/mol. The average molecular weight is 722 g/mol. The van der Waals surface area contributed by atoms with E-state index in [-0.39, 0.29) is 5.69 Å². The number of hydrogen-bond donors (Lipinski definition) is 0. The van der Waals surface area contributed by atoms with E-state index < -0.39 is 0 Å². The van der Waals surface area contributed by atoms with Gasteiger partial charge in [0.2, 0.25) is 0 Å². The molecule has 0 aliphatic carbocycles. The molecule has 0 unspecified atom stereocenters. The van der Waals surface area contributed by atoms with Crippen LogP contribution in [0, 0.1) is 0 Å². The van der Waals surface area contributed by atoms with Gasteiger partial charge in [0.1, 0.15) is 0 Å². The Morgan fingerprint density at radius 3 is 1.29 bits per heavy atom. The van der Waals surface area contributed by atoms with Gasteiger partial charge in [-0.15, -0.1) is 0 Å². The molecule has 56 heavy (non-hydrogen) atoms. The molecule has 6 nitrogen and oxygen atoms in total. The first-order valence-corrected chi connectivity index (χ1v) is 18.7. The zero-order valence-corrected chi connectivity index (χ0v) is 30.9. The summed E-state index contributed by atoms with van der Waals surface area (Å²) in [5, 5.41) is 4.86. The van der Waals surface area contributed by atoms with Crippen LogP contribution in [0.25, 0.3) is 100 Å². The van der Waals surface area contributed by atoms with Gasteiger partial charge in [-0.25, -0.2) is 19.7 Å². The summed E-state index contributed by atoms with van der Waals surface area (Å²) < 4.78 is 3.36. The maximum Gasteiger partial charge on any atom is 0.328 e. The lowest BCUT2D eigenvalue weighted by Gasteiger charge is -2.18. The molecule has 2 aromatic heterocycles. The van der Waals surface area contributed by atoms with Crippen molar-refractivity contribution in [3.05, 3.63) is 186 Å². The van der Waals surface area contributed by atoms with Gasteiger partial charge in [-0.3, -0.25) is 9.13 Å². The highest BCUT2D eigenvalue weighted by atomic mass is 16.1. The smallest absolute Gasteiger partial charge is 0.295 e. The second kappa shape index (κ2) is 13.4. The van der Waals surface area contributed by atoms with Gasteiger partial charge in [0.15, 0.2) is 17.5 Å². The Kier molecular flexibility index (Phi) is 7.96. The van der Waals surface area contributed by atoms with Gasteiger partial charge in [0, 0.05) is 30.8 Å². The third-order valence-electron chi connectivity index (χ3n) is 10.8. The van der Waals surface area contributed by atoms with Gasteiger partial charge in [0.25, 0.3) is 0 Å². The first-order valence-electron chi connectivity index (χ1n) is 18.7. The summed E-state index contributed by atoms with van der Waals surface area (Å²) in [5.74, 6) is 1.79. The van der Waals surface area contributed by atoms with Crippen molar-refractivity contribution < 1.29 is 0 Å². The zero-order chi connectivity index (χ0) is 37.8. The van der Waals surface area contributed by atoms with Crippen LogP contribution >= 0.6 is 0 Å². The number of aryl methyl sites for hydroxylation is 2. The zero-order valence-electron chi connectivity index (χ0n) is 30.9. The van der Waals surface area contributed by atoms with Crippen LogP contribution in [0.15, 0.2) is 181 Å². The lowest BCUT2D eigenvalue weighted by atomic mass is 9.86. The molecule has 0 amide bonds. The van der Waals surface area contributed by atoms with E-state index in [0.717, 1.165) is 44.4 Å². The maximum atomic E-state index is 12.6. The van der Waals surface area contributed by atoms with Crippen LogP contribution in [-0.4, -0.2) is 24.1 Å². The minimum atomic E-state index is -0.0484. The van der Waals surface area contributed by atoms with Crippen LogP contribution in [0.2, 0.25) is 0 Å². The van der Waals surface area contributed by atoms with Crippen molar-refractivity contribution in [3.8, 4) is 67.5 Å². The topological polar surface area (TPSA) is 65.6 Å². The fourth-order valence-electron chi connectivity index (χ4n) is 8.02. The highest BCUT2D eigenvalue weighted by molar-refractivity contribution is 6.21. The van der Waals surface area contributed by atoms with Crippen LogP contribution < -0.4 is 5.69 Å². The number of rotatable bonds is 6. The summed E-state index contributed by atoms with van der Waals surface area (Å²) in [6.07, 6.45) is 0. The normalized spacial score (nSPS) is 11.5. The number of fused-ring (bicyclic) bond motifs is 3. The minimum absolute atomic E-state index is 0.0484. The quantitative estimate of drug-likeness (QED) is 0.160. The first-order chi connectivity index (χ1) is 27.5. The van der Waals surface area contributed by atoms with Crippen molar-refractivity contribution in [1.29, 1.82) is 0 Å². The number of hydrogen-bond acceptors (Lipinski definition) is 4. The van der Waals surface area contributed by atoms with Crippen LogP contribution in [-0.2, 0) is 14.1 Å². The van der Waals surface area contributed by atoms with Gasteiger partial charge in [-0.1, -0.05) is 158 Å². The number of imidazole rings is 1. The Labute approximate surface area is 323 Å². The lowest BCUT2D eigenvalue weighted by Crippen LogP contribution is -2.19. The van der Waals surface area contributed by atoms with E-state index in [4.69, 9.17) is 15.0 Å². The van der Waals surface area contributed by atoms with E-state index >= 15 is 0 Å². The standard InChI is InChI=1S/C50H35N5O/c1-54-43-29-28-37(31-44(43)55(2)50(54)56)36-18-13-19-38(30-36)49-52-47(34-16-7-4-8-17-34)51-48(53-49)35-26-24-33(25-27-35)46-41-22-11-9-20-39(41)45(32-14-5-3-6-15-32)40-21-10-12-23-42(40)46/h3-31H,1-2H3. The van der Waals surface area contributed by atoms with Crippen molar-refractivity contribution in [2.45, 2.75) is 0 Å². The Morgan fingerprint density at radius 2 is 0.714 bits per heavy atom. The van der Waals surface area contributed by atoms with E-state index in [0.29, 0.717) is 17.5 Å². The molecule has 10 rings (SSSR count). The first kappa shape index (κ1) is 33.2. The molecule has 0 aliphatic heterocycles. The fourth-order valence-corrected chi connectivity index (χ4v) is 8.02. The van der Waals surface area contributed by atoms with Gasteiger partial charge in [-0.05, 0) is 73.1 Å². The van der Waals surface area contributed by atoms with Gasteiger partial charge < -0.3 is 0 Å². The molecular formula is C50H35N5O. The molecule has 0 bridgehead atoms. The van der Waals surface area contributed by atoms with Crippen molar-refractivity contribution >= 4 is 32.6 Å². The van der Waals surface area contributed by atoms with E-state index in [1.54, 1.807) is 23.2 Å². The van der Waals surface area contributed by atoms with Gasteiger partial charge >= 0.3 is 5.69 Å². The summed E-state index contributed by atoms with van der Waals surface area (Å²) in [6.45, 7) is 0. The van der Waals surface area contributed by atoms with E-state index in [9.17, 15) is 4.79 Å². The van der Waals surface area contributed by atoms with Crippen molar-refractivity contribution in [2.75, 3.05) is 0 Å². The molecule has 6 heteroatoms. The lowest BCUT2D eigenvalue weighted by molar-refractivity contribution is 0.795. The van der Waals surface area contributed by atoms with Crippen molar-refractivity contribution in [1.82, 2.24) is 24.1 Å². The maximum absolute atomic E-state index is 12.6. The highest BCUT2D eigenvalue weighted by Gasteiger charge is 2.18. The highest BCUT2D eigenvalue weighted by Crippen LogP contribution is 2.43. The average Bonchev–Trinajstić information content (AvgIpc) is 3.48. The molecule has 0 radical (unpaired) electrons. The summed E-state index contributed by atoms with van der Waals surface area (Å²) in [5.41, 5.74) is 11.2. The van der Waals surface area contributed by atoms with Crippen LogP contribution in [0.3, 0.4) is 0 Å². The second-order valence-corrected chi connectivity index (χ2v) is 14.1. The summed E-state index contributed by atoms with van der Waals surface area (Å²) in [4.78, 5) is 27.8. The minimum Gasteiger partial charge on any atom is -0.295 e. The molecular weight excluding hydrogens is 687 g/mol. The number of aromatic nitrogens is 5. The van der Waals surface area contributed by atoms with Crippen LogP contribution in [0.1, 0.15) is 0 Å². The summed E-state index contributed by atoms with van der Waals surface area (Å²) in [7, 11) is 3.61. The molecule has 266 valence electrons. The van der Waals surface area contributed by atoms with Crippen molar-refractivity contribution in [3.63, 3.8) is 0 Å². The largest absolute Gasteiger partial charge is 0.328 e. The van der Waals surface area contributed by atoms with E-state index in [2.05, 4.69) is 127 Å². The molecule has 2 heterocycles. The molecule has 0 atom stereocenters. The molecule has 10 aromatic rings. The molecule has 0 saturated carbocycles. The third kappa shape index (κ3) is 5.58. The second-order valence-electron chi connectivity index (χ2n) is 14.1. The number of benzene rings is 8. The Balaban J connectivity index is 1.09. The Hall–Kier alpha value is -7.44.